The maximum absolute atomic E-state index is 13.1. The van der Waals surface area contributed by atoms with E-state index in [0.717, 1.165) is 23.1 Å². The average Bonchev–Trinajstić information content (AvgIpc) is 2.91. The molecular weight excluding hydrogens is 454 g/mol. The number of rotatable bonds is 11. The molecule has 3 amide bonds. The van der Waals surface area contributed by atoms with Gasteiger partial charge in [-0.2, -0.15) is 0 Å². The molecule has 36 heavy (non-hydrogen) atoms. The van der Waals surface area contributed by atoms with Gasteiger partial charge >= 0.3 is 6.09 Å². The smallest absolute Gasteiger partial charge is 0.408 e. The minimum Gasteiger partial charge on any atom is -0.445 e. The fourth-order valence-electron chi connectivity index (χ4n) is 3.51. The van der Waals surface area contributed by atoms with E-state index in [1.807, 2.05) is 80.6 Å². The predicted octanol–water partition coefficient (Wildman–Crippen LogP) is 4.37. The number of carbonyl (C=O) groups excluding carboxylic acids is 3. The Kier molecular flexibility index (Phi) is 10.1. The maximum Gasteiger partial charge on any atom is 0.408 e. The molecule has 0 aromatic heterocycles. The molecule has 2 unspecified atom stereocenters. The van der Waals surface area contributed by atoms with E-state index in [-0.39, 0.29) is 31.0 Å². The molecule has 2 atom stereocenters. The van der Waals surface area contributed by atoms with Crippen LogP contribution < -0.4 is 16.0 Å². The highest BCUT2D eigenvalue weighted by Crippen LogP contribution is 2.08. The first kappa shape index (κ1) is 26.5. The summed E-state index contributed by atoms with van der Waals surface area (Å²) in [6.45, 7) is 4.29. The van der Waals surface area contributed by atoms with Gasteiger partial charge in [-0.15, -0.1) is 0 Å². The maximum atomic E-state index is 13.1. The van der Waals surface area contributed by atoms with Gasteiger partial charge in [0.15, 0.2) is 0 Å². The number of benzene rings is 3. The average molecular weight is 488 g/mol. The lowest BCUT2D eigenvalue weighted by Gasteiger charge is -2.19. The summed E-state index contributed by atoms with van der Waals surface area (Å²) in [7, 11) is 0. The first-order valence-corrected chi connectivity index (χ1v) is 12.1. The predicted molar refractivity (Wildman–Crippen MR) is 139 cm³/mol. The molecule has 0 spiro atoms. The summed E-state index contributed by atoms with van der Waals surface area (Å²) in [4.78, 5) is 38.0. The van der Waals surface area contributed by atoms with Crippen LogP contribution in [0.25, 0.3) is 0 Å². The van der Waals surface area contributed by atoms with E-state index in [1.54, 1.807) is 18.2 Å². The topological polar surface area (TPSA) is 96.5 Å². The normalized spacial score (nSPS) is 12.2. The molecule has 0 aliphatic rings. The standard InChI is InChI=1S/C29H33N3O4/c1-3-21(2)31-27(33)25-16-10-15-24(17-25)19-30-28(34)26(18-22-11-6-4-7-12-22)32-29(35)36-20-23-13-8-5-9-14-23/h4-17,21,26H,3,18-20H2,1-2H3,(H,30,34)(H,31,33)(H,32,35). The first-order chi connectivity index (χ1) is 17.4. The Labute approximate surface area is 212 Å². The quantitative estimate of drug-likeness (QED) is 0.374. The van der Waals surface area contributed by atoms with Crippen molar-refractivity contribution in [2.75, 3.05) is 0 Å². The van der Waals surface area contributed by atoms with Gasteiger partial charge in [0, 0.05) is 24.6 Å². The molecule has 0 fully saturated rings. The van der Waals surface area contributed by atoms with Gasteiger partial charge in [0.1, 0.15) is 12.6 Å². The van der Waals surface area contributed by atoms with E-state index in [1.165, 1.54) is 0 Å². The van der Waals surface area contributed by atoms with Crippen LogP contribution in [0.1, 0.15) is 47.3 Å². The Bertz CT molecular complexity index is 1140. The first-order valence-electron chi connectivity index (χ1n) is 12.1. The van der Waals surface area contributed by atoms with Gasteiger partial charge in [0.25, 0.3) is 5.91 Å². The highest BCUT2D eigenvalue weighted by atomic mass is 16.5. The van der Waals surface area contributed by atoms with Crippen LogP contribution in [0.3, 0.4) is 0 Å². The highest BCUT2D eigenvalue weighted by molar-refractivity contribution is 5.94. The van der Waals surface area contributed by atoms with Crippen molar-refractivity contribution >= 4 is 17.9 Å². The number of nitrogens with one attached hydrogen (secondary N) is 3. The van der Waals surface area contributed by atoms with Gasteiger partial charge in [-0.1, -0.05) is 79.7 Å². The van der Waals surface area contributed by atoms with Crippen molar-refractivity contribution in [3.8, 4) is 0 Å². The lowest BCUT2D eigenvalue weighted by molar-refractivity contribution is -0.123. The second-order valence-corrected chi connectivity index (χ2v) is 8.65. The zero-order chi connectivity index (χ0) is 25.8. The molecule has 3 aromatic rings. The van der Waals surface area contributed by atoms with E-state index in [2.05, 4.69) is 16.0 Å². The SMILES string of the molecule is CCC(C)NC(=O)c1cccc(CNC(=O)C(Cc2ccccc2)NC(=O)OCc2ccccc2)c1. The molecule has 3 N–H and O–H groups in total. The van der Waals surface area contributed by atoms with Gasteiger partial charge < -0.3 is 20.7 Å². The van der Waals surface area contributed by atoms with Gasteiger partial charge in [-0.25, -0.2) is 4.79 Å². The van der Waals surface area contributed by atoms with Crippen molar-refractivity contribution in [1.82, 2.24) is 16.0 Å². The fourth-order valence-corrected chi connectivity index (χ4v) is 3.51. The Hall–Kier alpha value is -4.13. The minimum absolute atomic E-state index is 0.0762. The number of hydrogen-bond donors (Lipinski definition) is 3. The summed E-state index contributed by atoms with van der Waals surface area (Å²) in [5, 5.41) is 8.51. The van der Waals surface area contributed by atoms with E-state index in [9.17, 15) is 14.4 Å². The molecule has 0 aliphatic carbocycles. The monoisotopic (exact) mass is 487 g/mol. The van der Waals surface area contributed by atoms with Gasteiger partial charge in [-0.3, -0.25) is 9.59 Å². The number of carbonyl (C=O) groups is 3. The third-order valence-corrected chi connectivity index (χ3v) is 5.75. The van der Waals surface area contributed by atoms with E-state index < -0.39 is 12.1 Å². The van der Waals surface area contributed by atoms with E-state index >= 15 is 0 Å². The van der Waals surface area contributed by atoms with Gasteiger partial charge in [0.2, 0.25) is 5.91 Å². The summed E-state index contributed by atoms with van der Waals surface area (Å²) < 4.78 is 5.32. The van der Waals surface area contributed by atoms with E-state index in [4.69, 9.17) is 4.74 Å². The van der Waals surface area contributed by atoms with Crippen molar-refractivity contribution in [3.63, 3.8) is 0 Å². The second kappa shape index (κ2) is 13.7. The fraction of sp³-hybridized carbons (Fsp3) is 0.276. The molecule has 0 heterocycles. The van der Waals surface area contributed by atoms with Crippen LogP contribution in [-0.2, 0) is 29.1 Å². The number of amides is 3. The molecule has 188 valence electrons. The highest BCUT2D eigenvalue weighted by Gasteiger charge is 2.22. The third-order valence-electron chi connectivity index (χ3n) is 5.75. The summed E-state index contributed by atoms with van der Waals surface area (Å²) in [6, 6.07) is 25.2. The lowest BCUT2D eigenvalue weighted by Crippen LogP contribution is -2.48. The van der Waals surface area contributed by atoms with E-state index in [0.29, 0.717) is 12.0 Å². The Morgan fingerprint density at radius 3 is 2.11 bits per heavy atom. The largest absolute Gasteiger partial charge is 0.445 e. The zero-order valence-electron chi connectivity index (χ0n) is 20.7. The van der Waals surface area contributed by atoms with Gasteiger partial charge in [0.05, 0.1) is 0 Å². The Morgan fingerprint density at radius 2 is 1.44 bits per heavy atom. The van der Waals surface area contributed by atoms with Crippen LogP contribution in [-0.4, -0.2) is 30.0 Å². The van der Waals surface area contributed by atoms with Crippen LogP contribution in [0.4, 0.5) is 4.79 Å². The van der Waals surface area contributed by atoms with Crippen LogP contribution >= 0.6 is 0 Å². The Balaban J connectivity index is 1.62. The van der Waals surface area contributed by atoms with Crippen LogP contribution in [0, 0.1) is 0 Å². The van der Waals surface area contributed by atoms with Crippen LogP contribution in [0.5, 0.6) is 0 Å². The molecule has 0 saturated heterocycles. The van der Waals surface area contributed by atoms with Crippen molar-refractivity contribution in [3.05, 3.63) is 107 Å². The summed E-state index contributed by atoms with van der Waals surface area (Å²) >= 11 is 0. The molecular formula is C29H33N3O4. The van der Waals surface area contributed by atoms with Crippen molar-refractivity contribution < 1.29 is 19.1 Å². The number of alkyl carbamates (subject to hydrolysis) is 1. The molecule has 3 rings (SSSR count). The number of ether oxygens (including phenoxy) is 1. The summed E-state index contributed by atoms with van der Waals surface area (Å²) in [5.74, 6) is -0.493. The summed E-state index contributed by atoms with van der Waals surface area (Å²) in [5.41, 5.74) is 3.08. The lowest BCUT2D eigenvalue weighted by atomic mass is 10.0. The molecule has 0 aliphatic heterocycles. The Morgan fingerprint density at radius 1 is 0.806 bits per heavy atom. The van der Waals surface area contributed by atoms with Crippen molar-refractivity contribution in [2.45, 2.75) is 51.9 Å². The third kappa shape index (κ3) is 8.58. The molecule has 7 nitrogen and oxygen atoms in total. The number of hydrogen-bond acceptors (Lipinski definition) is 4. The minimum atomic E-state index is -0.826. The second-order valence-electron chi connectivity index (χ2n) is 8.65. The van der Waals surface area contributed by atoms with Crippen LogP contribution in [0.15, 0.2) is 84.9 Å². The molecule has 0 saturated carbocycles. The molecule has 0 bridgehead atoms. The molecule has 3 aromatic carbocycles. The summed E-state index contributed by atoms with van der Waals surface area (Å²) in [6.07, 6.45) is 0.480. The molecule has 7 heteroatoms. The zero-order valence-corrected chi connectivity index (χ0v) is 20.7. The van der Waals surface area contributed by atoms with Crippen molar-refractivity contribution in [2.24, 2.45) is 0 Å². The van der Waals surface area contributed by atoms with Gasteiger partial charge in [-0.05, 0) is 42.2 Å². The molecule has 0 radical (unpaired) electrons. The van der Waals surface area contributed by atoms with Crippen LogP contribution in [0.2, 0.25) is 0 Å². The van der Waals surface area contributed by atoms with Crippen molar-refractivity contribution in [1.29, 1.82) is 0 Å².